The van der Waals surface area contributed by atoms with Gasteiger partial charge in [-0.2, -0.15) is 4.98 Å². The van der Waals surface area contributed by atoms with E-state index >= 15 is 0 Å². The van der Waals surface area contributed by atoms with Crippen LogP contribution in [0.2, 0.25) is 0 Å². The van der Waals surface area contributed by atoms with E-state index in [9.17, 15) is 4.79 Å². The largest absolute Gasteiger partial charge is 0.381 e. The molecule has 2 aromatic heterocycles. The average molecular weight is 451 g/mol. The van der Waals surface area contributed by atoms with Crippen molar-refractivity contribution >= 4 is 34.3 Å². The second-order valence-electron chi connectivity index (χ2n) is 8.83. The highest BCUT2D eigenvalue weighted by Gasteiger charge is 2.24. The molecule has 10 heteroatoms. The number of hydrogen-bond acceptors (Lipinski definition) is 8. The number of hydrogen-bond donors (Lipinski definition) is 4. The van der Waals surface area contributed by atoms with Crippen LogP contribution >= 0.6 is 0 Å². The minimum atomic E-state index is -0.689. The molecule has 6 N–H and O–H groups in total. The van der Waals surface area contributed by atoms with E-state index in [0.717, 1.165) is 68.3 Å². The Hall–Kier alpha value is -3.24. The molecule has 1 aromatic carbocycles. The second kappa shape index (κ2) is 9.32. The predicted octanol–water partition coefficient (Wildman–Crippen LogP) is 2.70. The van der Waals surface area contributed by atoms with Gasteiger partial charge in [-0.15, -0.1) is 10.2 Å². The molecule has 1 amide bonds. The van der Waals surface area contributed by atoms with Gasteiger partial charge in [-0.1, -0.05) is 18.9 Å². The van der Waals surface area contributed by atoms with E-state index in [1.807, 2.05) is 12.1 Å². The summed E-state index contributed by atoms with van der Waals surface area (Å²) in [6.45, 7) is 1.55. The molecule has 3 heterocycles. The van der Waals surface area contributed by atoms with Gasteiger partial charge in [0.05, 0.1) is 5.52 Å². The minimum Gasteiger partial charge on any atom is -0.381 e. The van der Waals surface area contributed by atoms with Gasteiger partial charge in [0.15, 0.2) is 11.5 Å². The molecular formula is C23H30N8O2. The average Bonchev–Trinajstić information content (AvgIpc) is 3.26. The Labute approximate surface area is 192 Å². The van der Waals surface area contributed by atoms with Crippen molar-refractivity contribution in [1.82, 2.24) is 19.7 Å². The Bertz CT molecular complexity index is 1140. The summed E-state index contributed by atoms with van der Waals surface area (Å²) < 4.78 is 7.82. The number of nitrogens with two attached hydrogens (primary N) is 2. The number of ether oxygens (including phenoxy) is 1. The first-order valence-electron chi connectivity index (χ1n) is 11.6. The van der Waals surface area contributed by atoms with Crippen LogP contribution in [0.25, 0.3) is 10.9 Å². The van der Waals surface area contributed by atoms with Gasteiger partial charge in [0.25, 0.3) is 5.91 Å². The fourth-order valence-corrected chi connectivity index (χ4v) is 4.85. The molecule has 0 radical (unpaired) electrons. The third-order valence-electron chi connectivity index (χ3n) is 6.65. The van der Waals surface area contributed by atoms with Crippen molar-refractivity contribution in [1.29, 1.82) is 0 Å². The molecule has 0 spiro atoms. The Morgan fingerprint density at radius 3 is 2.70 bits per heavy atom. The molecule has 10 nitrogen and oxygen atoms in total. The van der Waals surface area contributed by atoms with Crippen LogP contribution in [0.1, 0.15) is 55.1 Å². The Balaban J connectivity index is 1.45. The summed E-state index contributed by atoms with van der Waals surface area (Å²) in [5.41, 5.74) is 13.7. The van der Waals surface area contributed by atoms with Gasteiger partial charge < -0.3 is 31.4 Å². The van der Waals surface area contributed by atoms with Gasteiger partial charge in [-0.3, -0.25) is 4.79 Å². The maximum absolute atomic E-state index is 12.0. The number of nitrogens with one attached hydrogen (secondary N) is 2. The Morgan fingerprint density at radius 1 is 1.09 bits per heavy atom. The molecule has 2 aliphatic rings. The minimum absolute atomic E-state index is 0.00522. The highest BCUT2D eigenvalue weighted by Crippen LogP contribution is 2.32. The maximum Gasteiger partial charge on any atom is 0.273 e. The second-order valence-corrected chi connectivity index (χ2v) is 8.83. The number of primary amides is 1. The first-order valence-corrected chi connectivity index (χ1v) is 11.6. The van der Waals surface area contributed by atoms with Gasteiger partial charge in [0, 0.05) is 48.6 Å². The number of amides is 1. The van der Waals surface area contributed by atoms with Crippen LogP contribution in [0.15, 0.2) is 30.5 Å². The smallest absolute Gasteiger partial charge is 0.273 e. The maximum atomic E-state index is 12.0. The molecule has 2 atom stereocenters. The van der Waals surface area contributed by atoms with Crippen molar-refractivity contribution in [2.45, 2.75) is 56.7 Å². The monoisotopic (exact) mass is 450 g/mol. The van der Waals surface area contributed by atoms with E-state index in [1.165, 1.54) is 0 Å². The lowest BCUT2D eigenvalue weighted by Crippen LogP contribution is -2.43. The number of aromatic nitrogens is 4. The van der Waals surface area contributed by atoms with Gasteiger partial charge in [0.1, 0.15) is 0 Å². The first kappa shape index (κ1) is 21.6. The zero-order valence-corrected chi connectivity index (χ0v) is 18.5. The Morgan fingerprint density at radius 2 is 1.91 bits per heavy atom. The third-order valence-corrected chi connectivity index (χ3v) is 6.65. The van der Waals surface area contributed by atoms with Crippen LogP contribution < -0.4 is 22.1 Å². The van der Waals surface area contributed by atoms with Crippen molar-refractivity contribution in [2.24, 2.45) is 11.5 Å². The van der Waals surface area contributed by atoms with Crippen LogP contribution in [-0.2, 0) is 4.74 Å². The lowest BCUT2D eigenvalue weighted by atomic mass is 9.91. The summed E-state index contributed by atoms with van der Waals surface area (Å²) >= 11 is 0. The summed E-state index contributed by atoms with van der Waals surface area (Å²) in [4.78, 5) is 16.6. The zero-order valence-electron chi connectivity index (χ0n) is 18.5. The van der Waals surface area contributed by atoms with Crippen LogP contribution in [0, 0.1) is 0 Å². The van der Waals surface area contributed by atoms with E-state index in [4.69, 9.17) is 16.2 Å². The fraction of sp³-hybridized carbons (Fsp3) is 0.478. The van der Waals surface area contributed by atoms with E-state index in [1.54, 1.807) is 0 Å². The van der Waals surface area contributed by atoms with E-state index in [0.29, 0.717) is 12.0 Å². The quantitative estimate of drug-likeness (QED) is 0.448. The SMILES string of the molecule is NC(=O)c1nnc(N[C@@H]2CCCC[C@@H]2N)nc1Nc1cccc2c1ccn2C1CCOCC1. The fourth-order valence-electron chi connectivity index (χ4n) is 4.85. The van der Waals surface area contributed by atoms with Crippen LogP contribution in [0.4, 0.5) is 17.5 Å². The van der Waals surface area contributed by atoms with Crippen molar-refractivity contribution in [3.63, 3.8) is 0 Å². The van der Waals surface area contributed by atoms with Gasteiger partial charge in [-0.05, 0) is 43.9 Å². The number of carbonyl (C=O) groups is 1. The summed E-state index contributed by atoms with van der Waals surface area (Å²) in [6, 6.07) is 8.63. The predicted molar refractivity (Wildman–Crippen MR) is 127 cm³/mol. The summed E-state index contributed by atoms with van der Waals surface area (Å²) in [6.07, 6.45) is 8.23. The molecule has 1 aliphatic heterocycles. The van der Waals surface area contributed by atoms with Crippen LogP contribution in [0.3, 0.4) is 0 Å². The molecular weight excluding hydrogens is 420 g/mol. The molecule has 1 aliphatic carbocycles. The molecule has 1 saturated carbocycles. The van der Waals surface area contributed by atoms with Gasteiger partial charge in [0.2, 0.25) is 5.95 Å². The molecule has 174 valence electrons. The summed E-state index contributed by atoms with van der Waals surface area (Å²) in [5.74, 6) is -0.0853. The molecule has 2 fully saturated rings. The number of nitrogens with zero attached hydrogens (tertiary/aromatic N) is 4. The normalized spacial score (nSPS) is 21.7. The first-order chi connectivity index (χ1) is 16.1. The molecule has 33 heavy (non-hydrogen) atoms. The number of benzene rings is 1. The summed E-state index contributed by atoms with van der Waals surface area (Å²) in [5, 5.41) is 15.7. The third kappa shape index (κ3) is 4.49. The standard InChI is InChI=1S/C23H30N8O2/c24-16-4-1-2-5-18(16)27-23-28-22(20(21(25)32)29-30-23)26-17-6-3-7-19-15(17)8-11-31(19)14-9-12-33-13-10-14/h3,6-8,11,14,16,18H,1-2,4-5,9-10,12-13,24H2,(H2,25,32)(H2,26,27,28,30)/t16-,18+/m0/s1. The van der Waals surface area contributed by atoms with Crippen molar-refractivity contribution in [2.75, 3.05) is 23.8 Å². The van der Waals surface area contributed by atoms with Crippen molar-refractivity contribution in [3.05, 3.63) is 36.2 Å². The molecule has 0 bridgehead atoms. The number of anilines is 3. The lowest BCUT2D eigenvalue weighted by Gasteiger charge is -2.29. The molecule has 0 unspecified atom stereocenters. The number of rotatable bonds is 6. The van der Waals surface area contributed by atoms with Crippen LogP contribution in [0.5, 0.6) is 0 Å². The van der Waals surface area contributed by atoms with E-state index in [2.05, 4.69) is 48.7 Å². The van der Waals surface area contributed by atoms with Crippen molar-refractivity contribution in [3.8, 4) is 0 Å². The summed E-state index contributed by atoms with van der Waals surface area (Å²) in [7, 11) is 0. The number of fused-ring (bicyclic) bond motifs is 1. The molecule has 5 rings (SSSR count). The van der Waals surface area contributed by atoms with E-state index < -0.39 is 5.91 Å². The highest BCUT2D eigenvalue weighted by atomic mass is 16.5. The molecule has 3 aromatic rings. The van der Waals surface area contributed by atoms with E-state index in [-0.39, 0.29) is 23.6 Å². The zero-order chi connectivity index (χ0) is 22.8. The highest BCUT2D eigenvalue weighted by molar-refractivity contribution is 5.99. The van der Waals surface area contributed by atoms with Crippen LogP contribution in [-0.4, -0.2) is 51.0 Å². The number of carbonyl (C=O) groups excluding carboxylic acids is 1. The Kier molecular flexibility index (Phi) is 6.10. The lowest BCUT2D eigenvalue weighted by molar-refractivity contribution is 0.0707. The van der Waals surface area contributed by atoms with Gasteiger partial charge >= 0.3 is 0 Å². The van der Waals surface area contributed by atoms with Crippen molar-refractivity contribution < 1.29 is 9.53 Å². The molecule has 1 saturated heterocycles. The topological polar surface area (TPSA) is 146 Å². The van der Waals surface area contributed by atoms with Gasteiger partial charge in [-0.25, -0.2) is 0 Å².